The van der Waals surface area contributed by atoms with E-state index in [0.717, 1.165) is 17.2 Å². The van der Waals surface area contributed by atoms with Gasteiger partial charge in [0.1, 0.15) is 18.0 Å². The van der Waals surface area contributed by atoms with Gasteiger partial charge >= 0.3 is 0 Å². The summed E-state index contributed by atoms with van der Waals surface area (Å²) < 4.78 is 0. The molecule has 18 heavy (non-hydrogen) atoms. The quantitative estimate of drug-likeness (QED) is 0.740. The van der Waals surface area contributed by atoms with Gasteiger partial charge in [0, 0.05) is 18.7 Å². The van der Waals surface area contributed by atoms with Crippen LogP contribution in [-0.2, 0) is 0 Å². The fourth-order valence-corrected chi connectivity index (χ4v) is 2.13. The maximum Gasteiger partial charge on any atom is 0.134 e. The lowest BCUT2D eigenvalue weighted by molar-refractivity contribution is 0.562. The number of aromatic nitrogens is 2. The standard InChI is InChI=1S/C14H26N4/c1-5-7-9-12(8-6-2)18-14-11(3)13(15-4)16-10-17-14/h10,12H,5-9H2,1-4H3,(H2,15,16,17,18). The Bertz CT molecular complexity index is 352. The highest BCUT2D eigenvalue weighted by atomic mass is 15.1. The third kappa shape index (κ3) is 4.17. The maximum atomic E-state index is 4.35. The van der Waals surface area contributed by atoms with Crippen LogP contribution in [0.5, 0.6) is 0 Å². The lowest BCUT2D eigenvalue weighted by atomic mass is 10.0. The van der Waals surface area contributed by atoms with Crippen molar-refractivity contribution in [2.24, 2.45) is 0 Å². The SMILES string of the molecule is CCCCC(CCC)Nc1ncnc(NC)c1C. The third-order valence-electron chi connectivity index (χ3n) is 3.21. The fraction of sp³-hybridized carbons (Fsp3) is 0.714. The first-order valence-electron chi connectivity index (χ1n) is 6.98. The average Bonchev–Trinajstić information content (AvgIpc) is 2.38. The van der Waals surface area contributed by atoms with Gasteiger partial charge in [-0.05, 0) is 19.8 Å². The second kappa shape index (κ2) is 7.90. The summed E-state index contributed by atoms with van der Waals surface area (Å²) in [5.41, 5.74) is 1.10. The van der Waals surface area contributed by atoms with Crippen molar-refractivity contribution < 1.29 is 0 Å². The molecule has 0 aliphatic rings. The molecule has 0 radical (unpaired) electrons. The zero-order valence-corrected chi connectivity index (χ0v) is 12.1. The van der Waals surface area contributed by atoms with Crippen molar-refractivity contribution in [2.45, 2.75) is 58.9 Å². The van der Waals surface area contributed by atoms with Crippen LogP contribution in [0.2, 0.25) is 0 Å². The van der Waals surface area contributed by atoms with Crippen molar-refractivity contribution in [3.05, 3.63) is 11.9 Å². The van der Waals surface area contributed by atoms with E-state index in [1.807, 2.05) is 7.05 Å². The predicted molar refractivity (Wildman–Crippen MR) is 78.2 cm³/mol. The Kier molecular flexibility index (Phi) is 6.47. The highest BCUT2D eigenvalue weighted by Gasteiger charge is 2.11. The molecule has 1 atom stereocenters. The molecule has 1 rings (SSSR count). The lowest BCUT2D eigenvalue weighted by Gasteiger charge is -2.20. The minimum atomic E-state index is 0.522. The number of nitrogens with zero attached hydrogens (tertiary/aromatic N) is 2. The molecular formula is C14H26N4. The predicted octanol–water partition coefficient (Wildman–Crippen LogP) is 3.60. The summed E-state index contributed by atoms with van der Waals surface area (Å²) in [6, 6.07) is 0.522. The average molecular weight is 250 g/mol. The zero-order chi connectivity index (χ0) is 13.4. The van der Waals surface area contributed by atoms with Crippen LogP contribution < -0.4 is 10.6 Å². The Morgan fingerprint density at radius 2 is 1.83 bits per heavy atom. The van der Waals surface area contributed by atoms with E-state index in [0.29, 0.717) is 6.04 Å². The first-order valence-corrected chi connectivity index (χ1v) is 6.98. The fourth-order valence-electron chi connectivity index (χ4n) is 2.13. The zero-order valence-electron chi connectivity index (χ0n) is 12.1. The monoisotopic (exact) mass is 250 g/mol. The van der Waals surface area contributed by atoms with Crippen molar-refractivity contribution in [2.75, 3.05) is 17.7 Å². The molecule has 0 saturated heterocycles. The minimum absolute atomic E-state index is 0.522. The second-order valence-corrected chi connectivity index (χ2v) is 4.72. The van der Waals surface area contributed by atoms with Crippen LogP contribution in [0, 0.1) is 6.92 Å². The van der Waals surface area contributed by atoms with Gasteiger partial charge in [-0.2, -0.15) is 0 Å². The van der Waals surface area contributed by atoms with E-state index in [-0.39, 0.29) is 0 Å². The molecule has 0 spiro atoms. The Labute approximate surface area is 111 Å². The van der Waals surface area contributed by atoms with Gasteiger partial charge in [-0.25, -0.2) is 9.97 Å². The summed E-state index contributed by atoms with van der Waals surface area (Å²) >= 11 is 0. The molecule has 2 N–H and O–H groups in total. The summed E-state index contributed by atoms with van der Waals surface area (Å²) in [5.74, 6) is 1.86. The molecule has 1 heterocycles. The van der Waals surface area contributed by atoms with Crippen LogP contribution in [0.1, 0.15) is 51.5 Å². The summed E-state index contributed by atoms with van der Waals surface area (Å²) in [6.07, 6.45) is 7.72. The molecule has 0 amide bonds. The Balaban J connectivity index is 2.73. The van der Waals surface area contributed by atoms with Gasteiger partial charge in [0.25, 0.3) is 0 Å². The van der Waals surface area contributed by atoms with Gasteiger partial charge < -0.3 is 10.6 Å². The lowest BCUT2D eigenvalue weighted by Crippen LogP contribution is -2.21. The summed E-state index contributed by atoms with van der Waals surface area (Å²) in [7, 11) is 1.89. The summed E-state index contributed by atoms with van der Waals surface area (Å²) in [4.78, 5) is 8.57. The normalized spacial score (nSPS) is 12.2. The van der Waals surface area contributed by atoms with Gasteiger partial charge in [-0.15, -0.1) is 0 Å². The van der Waals surface area contributed by atoms with E-state index in [2.05, 4.69) is 41.4 Å². The van der Waals surface area contributed by atoms with Crippen molar-refractivity contribution in [1.29, 1.82) is 0 Å². The van der Waals surface area contributed by atoms with E-state index in [4.69, 9.17) is 0 Å². The molecule has 1 aromatic rings. The van der Waals surface area contributed by atoms with Crippen LogP contribution in [0.3, 0.4) is 0 Å². The molecule has 0 fully saturated rings. The Morgan fingerprint density at radius 3 is 2.44 bits per heavy atom. The molecule has 1 unspecified atom stereocenters. The van der Waals surface area contributed by atoms with Crippen LogP contribution >= 0.6 is 0 Å². The number of hydrogen-bond donors (Lipinski definition) is 2. The molecule has 102 valence electrons. The van der Waals surface area contributed by atoms with E-state index < -0.39 is 0 Å². The molecule has 4 heteroatoms. The van der Waals surface area contributed by atoms with Gasteiger partial charge in [-0.3, -0.25) is 0 Å². The highest BCUT2D eigenvalue weighted by molar-refractivity contribution is 5.56. The molecule has 1 aromatic heterocycles. The largest absolute Gasteiger partial charge is 0.373 e. The maximum absolute atomic E-state index is 4.35. The molecule has 0 aromatic carbocycles. The number of nitrogens with one attached hydrogen (secondary N) is 2. The van der Waals surface area contributed by atoms with Crippen LogP contribution in [-0.4, -0.2) is 23.1 Å². The smallest absolute Gasteiger partial charge is 0.134 e. The van der Waals surface area contributed by atoms with Gasteiger partial charge in [0.15, 0.2) is 0 Å². The number of unbranched alkanes of at least 4 members (excludes halogenated alkanes) is 1. The Morgan fingerprint density at radius 1 is 1.11 bits per heavy atom. The van der Waals surface area contributed by atoms with E-state index in [9.17, 15) is 0 Å². The molecule has 0 bridgehead atoms. The van der Waals surface area contributed by atoms with Crippen molar-refractivity contribution in [1.82, 2.24) is 9.97 Å². The summed E-state index contributed by atoms with van der Waals surface area (Å²) in [6.45, 7) is 6.52. The van der Waals surface area contributed by atoms with Gasteiger partial charge in [-0.1, -0.05) is 33.1 Å². The van der Waals surface area contributed by atoms with Gasteiger partial charge in [0.2, 0.25) is 0 Å². The molecule has 4 nitrogen and oxygen atoms in total. The molecule has 0 saturated carbocycles. The minimum Gasteiger partial charge on any atom is -0.373 e. The van der Waals surface area contributed by atoms with Crippen molar-refractivity contribution >= 4 is 11.6 Å². The number of rotatable bonds is 8. The molecule has 0 aliphatic carbocycles. The second-order valence-electron chi connectivity index (χ2n) is 4.72. The van der Waals surface area contributed by atoms with Crippen molar-refractivity contribution in [3.8, 4) is 0 Å². The van der Waals surface area contributed by atoms with Gasteiger partial charge in [0.05, 0.1) is 0 Å². The highest BCUT2D eigenvalue weighted by Crippen LogP contribution is 2.20. The number of anilines is 2. The first kappa shape index (κ1) is 14.7. The van der Waals surface area contributed by atoms with Crippen molar-refractivity contribution in [3.63, 3.8) is 0 Å². The summed E-state index contributed by atoms with van der Waals surface area (Å²) in [5, 5.41) is 6.66. The van der Waals surface area contributed by atoms with Crippen LogP contribution in [0.25, 0.3) is 0 Å². The van der Waals surface area contributed by atoms with E-state index in [1.54, 1.807) is 6.33 Å². The first-order chi connectivity index (χ1) is 8.72. The molecular weight excluding hydrogens is 224 g/mol. The van der Waals surface area contributed by atoms with Crippen LogP contribution in [0.15, 0.2) is 6.33 Å². The molecule has 0 aliphatic heterocycles. The van der Waals surface area contributed by atoms with E-state index >= 15 is 0 Å². The topological polar surface area (TPSA) is 49.8 Å². The Hall–Kier alpha value is -1.32. The third-order valence-corrected chi connectivity index (χ3v) is 3.21. The number of hydrogen-bond acceptors (Lipinski definition) is 4. The van der Waals surface area contributed by atoms with E-state index in [1.165, 1.54) is 32.1 Å². The van der Waals surface area contributed by atoms with Crippen LogP contribution in [0.4, 0.5) is 11.6 Å².